The van der Waals surface area contributed by atoms with Gasteiger partial charge in [-0.1, -0.05) is 35.0 Å². The van der Waals surface area contributed by atoms with Gasteiger partial charge in [-0.25, -0.2) is 9.59 Å². The van der Waals surface area contributed by atoms with Crippen LogP contribution in [0.25, 0.3) is 0 Å². The first kappa shape index (κ1) is 16.8. The molecule has 8 heteroatoms. The van der Waals surface area contributed by atoms with E-state index >= 15 is 0 Å². The molecule has 1 aromatic carbocycles. The van der Waals surface area contributed by atoms with Gasteiger partial charge in [-0.05, 0) is 24.1 Å². The first-order valence-corrected chi connectivity index (χ1v) is 9.10. The molecule has 1 unspecified atom stereocenters. The Balaban J connectivity index is 2.02. The van der Waals surface area contributed by atoms with E-state index < -0.39 is 23.1 Å². The highest BCUT2D eigenvalue weighted by Crippen LogP contribution is 2.42. The lowest BCUT2D eigenvalue weighted by Crippen LogP contribution is -2.38. The molecule has 2 aliphatic heterocycles. The number of nitrogens with zero attached hydrogens (tertiary/aromatic N) is 1. The van der Waals surface area contributed by atoms with Gasteiger partial charge in [0.25, 0.3) is 5.56 Å². The summed E-state index contributed by atoms with van der Waals surface area (Å²) in [7, 11) is 0. The molecule has 2 aliphatic rings. The molecule has 1 aromatic heterocycles. The lowest BCUT2D eigenvalue weighted by Gasteiger charge is -2.28. The van der Waals surface area contributed by atoms with Crippen LogP contribution in [0.4, 0.5) is 5.82 Å². The fourth-order valence-electron chi connectivity index (χ4n) is 3.51. The van der Waals surface area contributed by atoms with Crippen LogP contribution in [-0.4, -0.2) is 22.1 Å². The summed E-state index contributed by atoms with van der Waals surface area (Å²) >= 11 is 3.40. The SMILES string of the molecule is CCCn1c2c(c(=O)[nH]c1=O)C(c1ccc(Br)cc1)C1=C(COC1=O)N2. The molecule has 134 valence electrons. The summed E-state index contributed by atoms with van der Waals surface area (Å²) in [5.74, 6) is -0.596. The van der Waals surface area contributed by atoms with Gasteiger partial charge in [0.15, 0.2) is 0 Å². The summed E-state index contributed by atoms with van der Waals surface area (Å²) in [5, 5.41) is 3.10. The van der Waals surface area contributed by atoms with Crippen molar-refractivity contribution in [3.05, 3.63) is 72.0 Å². The summed E-state index contributed by atoms with van der Waals surface area (Å²) in [6, 6.07) is 7.42. The minimum atomic E-state index is -0.586. The van der Waals surface area contributed by atoms with Crippen LogP contribution in [0.2, 0.25) is 0 Å². The van der Waals surface area contributed by atoms with Crippen LogP contribution in [0.5, 0.6) is 0 Å². The number of rotatable bonds is 3. The number of carbonyl (C=O) groups excluding carboxylic acids is 1. The Morgan fingerprint density at radius 1 is 1.23 bits per heavy atom. The van der Waals surface area contributed by atoms with Gasteiger partial charge in [0.05, 0.1) is 22.8 Å². The quantitative estimate of drug-likeness (QED) is 0.745. The van der Waals surface area contributed by atoms with Gasteiger partial charge in [0, 0.05) is 11.0 Å². The number of hydrogen-bond acceptors (Lipinski definition) is 5. The van der Waals surface area contributed by atoms with Crippen molar-refractivity contribution in [3.8, 4) is 0 Å². The van der Waals surface area contributed by atoms with Gasteiger partial charge in [-0.15, -0.1) is 0 Å². The summed E-state index contributed by atoms with van der Waals surface area (Å²) in [6.45, 7) is 2.51. The highest BCUT2D eigenvalue weighted by atomic mass is 79.9. The van der Waals surface area contributed by atoms with Crippen molar-refractivity contribution in [2.75, 3.05) is 11.9 Å². The number of benzene rings is 1. The fraction of sp³-hybridized carbons (Fsp3) is 0.278. The maximum atomic E-state index is 12.7. The van der Waals surface area contributed by atoms with Crippen LogP contribution >= 0.6 is 15.9 Å². The van der Waals surface area contributed by atoms with Crippen LogP contribution in [0.3, 0.4) is 0 Å². The third-order valence-electron chi connectivity index (χ3n) is 4.63. The zero-order valence-corrected chi connectivity index (χ0v) is 15.6. The molecule has 0 spiro atoms. The molecule has 2 aromatic rings. The van der Waals surface area contributed by atoms with E-state index in [2.05, 4.69) is 26.2 Å². The van der Waals surface area contributed by atoms with Crippen LogP contribution in [0.1, 0.15) is 30.4 Å². The number of aromatic amines is 1. The molecule has 0 bridgehead atoms. The van der Waals surface area contributed by atoms with Gasteiger partial charge in [0.2, 0.25) is 0 Å². The van der Waals surface area contributed by atoms with Gasteiger partial charge >= 0.3 is 11.7 Å². The molecular weight excluding hydrogens is 402 g/mol. The van der Waals surface area contributed by atoms with Crippen molar-refractivity contribution in [1.82, 2.24) is 9.55 Å². The third-order valence-corrected chi connectivity index (χ3v) is 5.15. The number of fused-ring (bicyclic) bond motifs is 1. The molecule has 0 amide bonds. The second kappa shape index (κ2) is 6.28. The van der Waals surface area contributed by atoms with Crippen molar-refractivity contribution in [2.45, 2.75) is 25.8 Å². The molecule has 0 fully saturated rings. The average molecular weight is 418 g/mol. The Bertz CT molecular complexity index is 1050. The van der Waals surface area contributed by atoms with E-state index in [4.69, 9.17) is 4.74 Å². The average Bonchev–Trinajstić information content (AvgIpc) is 2.98. The van der Waals surface area contributed by atoms with E-state index in [0.29, 0.717) is 29.2 Å². The minimum Gasteiger partial charge on any atom is -0.456 e. The topological polar surface area (TPSA) is 93.2 Å². The van der Waals surface area contributed by atoms with Crippen molar-refractivity contribution in [2.24, 2.45) is 0 Å². The molecule has 4 rings (SSSR count). The van der Waals surface area contributed by atoms with Crippen molar-refractivity contribution >= 4 is 27.7 Å². The van der Waals surface area contributed by atoms with Crippen LogP contribution < -0.4 is 16.6 Å². The monoisotopic (exact) mass is 417 g/mol. The smallest absolute Gasteiger partial charge is 0.337 e. The number of carbonyl (C=O) groups is 1. The first-order valence-electron chi connectivity index (χ1n) is 8.31. The van der Waals surface area contributed by atoms with Crippen molar-refractivity contribution in [3.63, 3.8) is 0 Å². The number of H-pyrrole nitrogens is 1. The molecule has 26 heavy (non-hydrogen) atoms. The number of cyclic esters (lactones) is 1. The highest BCUT2D eigenvalue weighted by molar-refractivity contribution is 9.10. The summed E-state index contributed by atoms with van der Waals surface area (Å²) in [4.78, 5) is 39.7. The number of ether oxygens (including phenoxy) is 1. The van der Waals surface area contributed by atoms with Crippen molar-refractivity contribution in [1.29, 1.82) is 0 Å². The minimum absolute atomic E-state index is 0.105. The standard InChI is InChI=1S/C18H16BrN3O4/c1-2-7-22-15-14(16(23)21-18(22)25)12(9-3-5-10(19)6-4-9)13-11(20-15)8-26-17(13)24/h3-6,12,20H,2,7-8H2,1H3,(H,21,23,25). The Labute approximate surface area is 156 Å². The second-order valence-electron chi connectivity index (χ2n) is 6.25. The van der Waals surface area contributed by atoms with E-state index in [1.165, 1.54) is 4.57 Å². The number of anilines is 1. The second-order valence-corrected chi connectivity index (χ2v) is 7.17. The van der Waals surface area contributed by atoms with Gasteiger partial charge < -0.3 is 10.1 Å². The van der Waals surface area contributed by atoms with Crippen molar-refractivity contribution < 1.29 is 9.53 Å². The number of hydrogen-bond donors (Lipinski definition) is 2. The Morgan fingerprint density at radius 2 is 1.96 bits per heavy atom. The molecule has 0 aliphatic carbocycles. The van der Waals surface area contributed by atoms with Crippen LogP contribution in [0, 0.1) is 0 Å². The normalized spacial score (nSPS) is 18.2. The molecule has 0 saturated heterocycles. The number of aromatic nitrogens is 2. The Hall–Kier alpha value is -2.61. The van der Waals surface area contributed by atoms with Crippen LogP contribution in [0.15, 0.2) is 49.6 Å². The van der Waals surface area contributed by atoms with Gasteiger partial charge in [0.1, 0.15) is 12.4 Å². The maximum Gasteiger partial charge on any atom is 0.337 e. The first-order chi connectivity index (χ1) is 12.5. The summed E-state index contributed by atoms with van der Waals surface area (Å²) < 4.78 is 7.59. The lowest BCUT2D eigenvalue weighted by molar-refractivity contribution is -0.136. The zero-order valence-electron chi connectivity index (χ0n) is 14.0. The number of nitrogens with one attached hydrogen (secondary N) is 2. The van der Waals surface area contributed by atoms with Crippen LogP contribution in [-0.2, 0) is 16.1 Å². The molecule has 7 nitrogen and oxygen atoms in total. The molecule has 3 heterocycles. The number of esters is 1. The molecule has 0 saturated carbocycles. The van der Waals surface area contributed by atoms with Gasteiger partial charge in [-0.3, -0.25) is 14.3 Å². The van der Waals surface area contributed by atoms with E-state index in [9.17, 15) is 14.4 Å². The highest BCUT2D eigenvalue weighted by Gasteiger charge is 2.41. The number of halogens is 1. The van der Waals surface area contributed by atoms with E-state index in [0.717, 1.165) is 16.5 Å². The van der Waals surface area contributed by atoms with E-state index in [-0.39, 0.29) is 6.61 Å². The van der Waals surface area contributed by atoms with E-state index in [1.54, 1.807) is 0 Å². The fourth-order valence-corrected chi connectivity index (χ4v) is 3.78. The molecule has 1 atom stereocenters. The summed E-state index contributed by atoms with van der Waals surface area (Å²) in [5.41, 5.74) is 1.21. The predicted octanol–water partition coefficient (Wildman–Crippen LogP) is 2.08. The Morgan fingerprint density at radius 3 is 2.65 bits per heavy atom. The van der Waals surface area contributed by atoms with Gasteiger partial charge in [-0.2, -0.15) is 0 Å². The molecule has 2 N–H and O–H groups in total. The van der Waals surface area contributed by atoms with E-state index in [1.807, 2.05) is 31.2 Å². The Kier molecular flexibility index (Phi) is 4.07. The molecule has 0 radical (unpaired) electrons. The lowest BCUT2D eigenvalue weighted by atomic mass is 9.83. The summed E-state index contributed by atoms with van der Waals surface area (Å²) in [6.07, 6.45) is 0.727. The predicted molar refractivity (Wildman–Crippen MR) is 99.2 cm³/mol. The maximum absolute atomic E-state index is 12.7. The zero-order chi connectivity index (χ0) is 18.4. The largest absolute Gasteiger partial charge is 0.456 e. The molecular formula is C18H16BrN3O4. The third kappa shape index (κ3) is 2.52.